The summed E-state index contributed by atoms with van der Waals surface area (Å²) in [6.07, 6.45) is 0. The second-order valence-corrected chi connectivity index (χ2v) is 13.6. The first kappa shape index (κ1) is 23.3. The van der Waals surface area contributed by atoms with Crippen molar-refractivity contribution in [3.63, 3.8) is 0 Å². The van der Waals surface area contributed by atoms with E-state index in [1.54, 1.807) is 0 Å². The predicted molar refractivity (Wildman–Crippen MR) is 72.6 cm³/mol. The molecule has 1 nitrogen and oxygen atoms in total. The lowest BCUT2D eigenvalue weighted by Gasteiger charge is -2.30. The van der Waals surface area contributed by atoms with Crippen molar-refractivity contribution in [3.05, 3.63) is 0 Å². The van der Waals surface area contributed by atoms with Crippen LogP contribution in [0.1, 0.15) is 29.2 Å². The van der Waals surface area contributed by atoms with Crippen LogP contribution in [0.5, 0.6) is 0 Å². The summed E-state index contributed by atoms with van der Waals surface area (Å²) >= 11 is 0. The van der Waals surface area contributed by atoms with E-state index in [1.165, 1.54) is 6.04 Å². The molecule has 0 unspecified atom stereocenters. The van der Waals surface area contributed by atoms with Crippen LogP contribution in [0.2, 0.25) is 38.8 Å². The summed E-state index contributed by atoms with van der Waals surface area (Å²) < 4.78 is 6.05. The number of hydrogen-bond acceptors (Lipinski definition) is 1. The highest BCUT2D eigenvalue weighted by molar-refractivity contribution is 6.84. The fourth-order valence-corrected chi connectivity index (χ4v) is 8.11. The van der Waals surface area contributed by atoms with Crippen molar-refractivity contribution in [2.45, 2.75) is 68.0 Å². The van der Waals surface area contributed by atoms with E-state index in [-0.39, 0.29) is 22.3 Å². The summed E-state index contributed by atoms with van der Waals surface area (Å²) in [4.78, 5) is 0. The summed E-state index contributed by atoms with van der Waals surface area (Å²) in [7, 11) is -2.50. The van der Waals surface area contributed by atoms with Gasteiger partial charge in [0.15, 0.2) is 16.6 Å². The Hall–Kier alpha value is 0.394. The fourth-order valence-electron chi connectivity index (χ4n) is 0.901. The third kappa shape index (κ3) is 15.2. The first-order valence-corrected chi connectivity index (χ1v) is 10.5. The van der Waals surface area contributed by atoms with E-state index in [1.807, 2.05) is 0 Å². The molecule has 0 spiro atoms. The van der Waals surface area contributed by atoms with Crippen LogP contribution in [0.3, 0.4) is 0 Å². The third-order valence-electron chi connectivity index (χ3n) is 1.43. The monoisotopic (exact) mass is 224 g/mol. The smallest absolute Gasteiger partial charge is 0.173 e. The molecule has 0 atom stereocenters. The van der Waals surface area contributed by atoms with Gasteiger partial charge in [-0.15, -0.1) is 0 Å². The Balaban J connectivity index is -0.000000135. The Bertz CT molecular complexity index is 106. The van der Waals surface area contributed by atoms with Gasteiger partial charge in [0.1, 0.15) is 0 Å². The molecule has 0 aromatic carbocycles. The minimum absolute atomic E-state index is 0. The van der Waals surface area contributed by atoms with Crippen molar-refractivity contribution in [1.82, 2.24) is 0 Å². The molecule has 0 fully saturated rings. The minimum atomic E-state index is -1.25. The predicted octanol–water partition coefficient (Wildman–Crippen LogP) is 4.97. The molecule has 0 saturated heterocycles. The van der Waals surface area contributed by atoms with Gasteiger partial charge in [-0.1, -0.05) is 29.2 Å². The fraction of sp³-hybridized carbons (Fsp3) is 1.00. The minimum Gasteiger partial charge on any atom is -0.456 e. The molecule has 0 aromatic heterocycles. The van der Waals surface area contributed by atoms with Crippen LogP contribution in [0.25, 0.3) is 0 Å². The van der Waals surface area contributed by atoms with Crippen LogP contribution in [-0.4, -0.2) is 16.6 Å². The molecular weight excluding hydrogens is 192 g/mol. The third-order valence-corrected chi connectivity index (χ3v) is 7.80. The Morgan fingerprint density at radius 2 is 1.15 bits per heavy atom. The lowest BCUT2D eigenvalue weighted by atomic mass is 11.0. The molecule has 86 valence electrons. The summed E-state index contributed by atoms with van der Waals surface area (Å²) in [5, 5.41) is 0. The summed E-state index contributed by atoms with van der Waals surface area (Å²) in [5.41, 5.74) is 0. The van der Waals surface area contributed by atoms with Crippen LogP contribution in [0.15, 0.2) is 0 Å². The van der Waals surface area contributed by atoms with Gasteiger partial charge in [0.25, 0.3) is 0 Å². The molecule has 0 aliphatic heterocycles. The van der Waals surface area contributed by atoms with Crippen molar-refractivity contribution in [2.75, 3.05) is 0 Å². The molecule has 0 rings (SSSR count). The van der Waals surface area contributed by atoms with E-state index in [9.17, 15) is 0 Å². The Kier molecular flexibility index (Phi) is 13.9. The average Bonchev–Trinajstić information content (AvgIpc) is 1.60. The molecule has 0 amide bonds. The highest BCUT2D eigenvalue weighted by atomic mass is 28.4. The summed E-state index contributed by atoms with van der Waals surface area (Å²) in [6, 6.07) is 1.23. The molecular formula is C10H32OSi2. The van der Waals surface area contributed by atoms with E-state index in [4.69, 9.17) is 4.12 Å². The highest BCUT2D eigenvalue weighted by Crippen LogP contribution is 2.16. The molecule has 0 radical (unpaired) electrons. The second-order valence-electron chi connectivity index (χ2n) is 4.33. The van der Waals surface area contributed by atoms with Gasteiger partial charge in [-0.2, -0.15) is 0 Å². The molecule has 0 aliphatic rings. The van der Waals surface area contributed by atoms with Crippen LogP contribution < -0.4 is 0 Å². The van der Waals surface area contributed by atoms with Crippen LogP contribution in [0, 0.1) is 0 Å². The van der Waals surface area contributed by atoms with E-state index < -0.39 is 16.6 Å². The van der Waals surface area contributed by atoms with Crippen molar-refractivity contribution < 1.29 is 4.12 Å². The van der Waals surface area contributed by atoms with Gasteiger partial charge >= 0.3 is 0 Å². The molecule has 13 heavy (non-hydrogen) atoms. The van der Waals surface area contributed by atoms with Crippen LogP contribution in [-0.2, 0) is 4.12 Å². The average molecular weight is 225 g/mol. The maximum atomic E-state index is 6.05. The molecule has 0 aliphatic carbocycles. The van der Waals surface area contributed by atoms with Gasteiger partial charge in [-0.05, 0) is 38.8 Å². The first-order valence-electron chi connectivity index (χ1n) is 3.97. The zero-order chi connectivity index (χ0) is 8.41. The standard InChI is InChI=1S/C7H20OSi2.3CH4/c1-7-10(5,6)8-9(2,3)4;;;/h7H2,1-6H3;3*1H4. The highest BCUT2D eigenvalue weighted by Gasteiger charge is 2.27. The molecule has 0 N–H and O–H groups in total. The van der Waals surface area contributed by atoms with Crippen molar-refractivity contribution in [2.24, 2.45) is 0 Å². The number of hydrogen-bond donors (Lipinski definition) is 0. The van der Waals surface area contributed by atoms with Gasteiger partial charge in [-0.25, -0.2) is 0 Å². The maximum absolute atomic E-state index is 6.05. The van der Waals surface area contributed by atoms with E-state index in [0.717, 1.165) is 0 Å². The Morgan fingerprint density at radius 1 is 0.846 bits per heavy atom. The van der Waals surface area contributed by atoms with Gasteiger partial charge in [0.05, 0.1) is 0 Å². The van der Waals surface area contributed by atoms with E-state index in [0.29, 0.717) is 0 Å². The van der Waals surface area contributed by atoms with E-state index in [2.05, 4.69) is 39.7 Å². The molecule has 0 heterocycles. The van der Waals surface area contributed by atoms with Crippen molar-refractivity contribution in [1.29, 1.82) is 0 Å². The van der Waals surface area contributed by atoms with E-state index >= 15 is 0 Å². The SMILES string of the molecule is C.C.C.CC[Si](C)(C)O[Si](C)(C)C. The lowest BCUT2D eigenvalue weighted by molar-refractivity contribution is 0.550. The van der Waals surface area contributed by atoms with Crippen LogP contribution >= 0.6 is 0 Å². The quantitative estimate of drug-likeness (QED) is 0.615. The summed E-state index contributed by atoms with van der Waals surface area (Å²) in [5.74, 6) is 0. The molecule has 0 aromatic rings. The van der Waals surface area contributed by atoms with Crippen LogP contribution in [0.4, 0.5) is 0 Å². The van der Waals surface area contributed by atoms with Gasteiger partial charge < -0.3 is 4.12 Å². The van der Waals surface area contributed by atoms with Gasteiger partial charge in [-0.3, -0.25) is 0 Å². The van der Waals surface area contributed by atoms with Crippen molar-refractivity contribution in [3.8, 4) is 0 Å². The summed E-state index contributed by atoms with van der Waals surface area (Å²) in [6.45, 7) is 13.6. The zero-order valence-corrected chi connectivity index (χ0v) is 10.1. The van der Waals surface area contributed by atoms with Crippen molar-refractivity contribution >= 4 is 16.6 Å². The maximum Gasteiger partial charge on any atom is 0.173 e. The molecule has 0 bridgehead atoms. The topological polar surface area (TPSA) is 9.23 Å². The second kappa shape index (κ2) is 7.77. The van der Waals surface area contributed by atoms with Gasteiger partial charge in [0.2, 0.25) is 0 Å². The van der Waals surface area contributed by atoms with Gasteiger partial charge in [0, 0.05) is 0 Å². The first-order chi connectivity index (χ1) is 4.27. The molecule has 3 heteroatoms. The lowest BCUT2D eigenvalue weighted by Crippen LogP contribution is -2.41. The molecule has 0 saturated carbocycles. The normalized spacial score (nSPS) is 10.6. The zero-order valence-electron chi connectivity index (χ0n) is 8.12. The Labute approximate surface area is 89.2 Å². The number of rotatable bonds is 3. The Morgan fingerprint density at radius 3 is 1.23 bits per heavy atom. The largest absolute Gasteiger partial charge is 0.456 e.